The van der Waals surface area contributed by atoms with Crippen LogP contribution in [0.25, 0.3) is 0 Å². The van der Waals surface area contributed by atoms with E-state index in [1.165, 1.54) is 6.07 Å². The number of aromatic nitrogens is 3. The highest BCUT2D eigenvalue weighted by Crippen LogP contribution is 2.30. The number of sulfonamides is 1. The Morgan fingerprint density at radius 2 is 2.19 bits per heavy atom. The van der Waals surface area contributed by atoms with E-state index >= 15 is 0 Å². The Balaban J connectivity index is 1.91. The van der Waals surface area contributed by atoms with Crippen LogP contribution in [0.4, 0.5) is 5.82 Å². The molecule has 1 saturated heterocycles. The summed E-state index contributed by atoms with van der Waals surface area (Å²) in [4.78, 5) is 13.7. The van der Waals surface area contributed by atoms with Gasteiger partial charge in [-0.3, -0.25) is 0 Å². The van der Waals surface area contributed by atoms with Gasteiger partial charge in [-0.2, -0.15) is 0 Å². The highest BCUT2D eigenvalue weighted by molar-refractivity contribution is 7.89. The van der Waals surface area contributed by atoms with Crippen LogP contribution >= 0.6 is 0 Å². The summed E-state index contributed by atoms with van der Waals surface area (Å²) in [6.45, 7) is 1.43. The van der Waals surface area contributed by atoms with E-state index in [4.69, 9.17) is 5.14 Å². The van der Waals surface area contributed by atoms with E-state index in [0.717, 1.165) is 25.2 Å². The smallest absolute Gasteiger partial charge is 0.241 e. The van der Waals surface area contributed by atoms with Crippen molar-refractivity contribution in [3.05, 3.63) is 36.5 Å². The van der Waals surface area contributed by atoms with Gasteiger partial charge in [0.15, 0.2) is 0 Å². The SMILES string of the molecule is NS(=O)(=O)c1cccnc1N1CCCC(c2ncc[nH]2)C1. The molecule has 2 aromatic heterocycles. The molecule has 1 atom stereocenters. The van der Waals surface area contributed by atoms with Gasteiger partial charge in [0.05, 0.1) is 0 Å². The predicted molar refractivity (Wildman–Crippen MR) is 78.4 cm³/mol. The highest BCUT2D eigenvalue weighted by Gasteiger charge is 2.27. The molecule has 0 saturated carbocycles. The molecule has 1 aliphatic rings. The molecule has 7 nitrogen and oxygen atoms in total. The molecule has 21 heavy (non-hydrogen) atoms. The summed E-state index contributed by atoms with van der Waals surface area (Å²) in [5.74, 6) is 1.59. The minimum Gasteiger partial charge on any atom is -0.355 e. The molecular formula is C13H17N5O2S. The lowest BCUT2D eigenvalue weighted by atomic mass is 9.97. The first-order valence-corrected chi connectivity index (χ1v) is 8.32. The van der Waals surface area contributed by atoms with Crippen LogP contribution < -0.4 is 10.0 Å². The molecule has 0 spiro atoms. The Kier molecular flexibility index (Phi) is 3.64. The van der Waals surface area contributed by atoms with Gasteiger partial charge in [0.1, 0.15) is 16.5 Å². The van der Waals surface area contributed by atoms with E-state index in [0.29, 0.717) is 12.4 Å². The predicted octanol–water partition coefficient (Wildman–Crippen LogP) is 0.836. The number of nitrogens with zero attached hydrogens (tertiary/aromatic N) is 3. The molecule has 3 heterocycles. The van der Waals surface area contributed by atoms with Crippen LogP contribution in [0.1, 0.15) is 24.6 Å². The second-order valence-electron chi connectivity index (χ2n) is 5.13. The van der Waals surface area contributed by atoms with Crippen LogP contribution in [0.2, 0.25) is 0 Å². The number of primary sulfonamides is 1. The van der Waals surface area contributed by atoms with Crippen LogP contribution in [0.15, 0.2) is 35.6 Å². The van der Waals surface area contributed by atoms with E-state index in [2.05, 4.69) is 15.0 Å². The van der Waals surface area contributed by atoms with Crippen molar-refractivity contribution in [3.63, 3.8) is 0 Å². The molecule has 0 radical (unpaired) electrons. The monoisotopic (exact) mass is 307 g/mol. The molecule has 8 heteroatoms. The molecule has 0 aliphatic carbocycles. The van der Waals surface area contributed by atoms with Crippen molar-refractivity contribution in [2.45, 2.75) is 23.7 Å². The number of nitrogens with one attached hydrogen (secondary N) is 1. The molecule has 1 aliphatic heterocycles. The quantitative estimate of drug-likeness (QED) is 0.874. The number of piperidine rings is 1. The zero-order valence-electron chi connectivity index (χ0n) is 11.4. The summed E-state index contributed by atoms with van der Waals surface area (Å²) in [6.07, 6.45) is 7.07. The van der Waals surface area contributed by atoms with Crippen LogP contribution in [0.3, 0.4) is 0 Å². The van der Waals surface area contributed by atoms with Crippen molar-refractivity contribution in [3.8, 4) is 0 Å². The molecule has 0 amide bonds. The van der Waals surface area contributed by atoms with Gasteiger partial charge < -0.3 is 9.88 Å². The fraction of sp³-hybridized carbons (Fsp3) is 0.385. The van der Waals surface area contributed by atoms with E-state index in [-0.39, 0.29) is 10.8 Å². The fourth-order valence-electron chi connectivity index (χ4n) is 2.74. The fourth-order valence-corrected chi connectivity index (χ4v) is 3.44. The molecule has 3 N–H and O–H groups in total. The van der Waals surface area contributed by atoms with Gasteiger partial charge in [0.2, 0.25) is 10.0 Å². The Hall–Kier alpha value is -1.93. The number of hydrogen-bond donors (Lipinski definition) is 2. The molecular weight excluding hydrogens is 290 g/mol. The van der Waals surface area contributed by atoms with Gasteiger partial charge in [-0.25, -0.2) is 23.5 Å². The van der Waals surface area contributed by atoms with Gasteiger partial charge in [-0.15, -0.1) is 0 Å². The van der Waals surface area contributed by atoms with Crippen molar-refractivity contribution < 1.29 is 8.42 Å². The first-order chi connectivity index (χ1) is 10.1. The third-order valence-corrected chi connectivity index (χ3v) is 4.62. The lowest BCUT2D eigenvalue weighted by Crippen LogP contribution is -2.36. The topological polar surface area (TPSA) is 105 Å². The Labute approximate surface area is 123 Å². The molecule has 3 rings (SSSR count). The average Bonchev–Trinajstić information content (AvgIpc) is 3.01. The summed E-state index contributed by atoms with van der Waals surface area (Å²) in [7, 11) is -3.78. The van der Waals surface area contributed by atoms with Crippen molar-refractivity contribution in [2.75, 3.05) is 18.0 Å². The number of nitrogens with two attached hydrogens (primary N) is 1. The van der Waals surface area contributed by atoms with E-state index in [1.807, 2.05) is 4.90 Å². The van der Waals surface area contributed by atoms with Crippen LogP contribution in [0, 0.1) is 0 Å². The van der Waals surface area contributed by atoms with Gasteiger partial charge in [0.25, 0.3) is 0 Å². The second kappa shape index (κ2) is 5.45. The Morgan fingerprint density at radius 3 is 2.90 bits per heavy atom. The zero-order valence-corrected chi connectivity index (χ0v) is 12.3. The maximum absolute atomic E-state index is 11.7. The summed E-state index contributed by atoms with van der Waals surface area (Å²) >= 11 is 0. The minimum absolute atomic E-state index is 0.0742. The van der Waals surface area contributed by atoms with Gasteiger partial charge in [0, 0.05) is 37.6 Å². The van der Waals surface area contributed by atoms with Gasteiger partial charge in [-0.05, 0) is 25.0 Å². The number of H-pyrrole nitrogens is 1. The third kappa shape index (κ3) is 2.91. The normalized spacial score (nSPS) is 19.7. The summed E-state index contributed by atoms with van der Waals surface area (Å²) in [5, 5.41) is 5.28. The zero-order chi connectivity index (χ0) is 14.9. The number of aromatic amines is 1. The number of rotatable bonds is 3. The molecule has 0 bridgehead atoms. The molecule has 0 aromatic carbocycles. The number of hydrogen-bond acceptors (Lipinski definition) is 5. The molecule has 112 valence electrons. The van der Waals surface area contributed by atoms with E-state index in [9.17, 15) is 8.42 Å². The molecule has 1 fully saturated rings. The first-order valence-electron chi connectivity index (χ1n) is 6.78. The third-order valence-electron chi connectivity index (χ3n) is 3.68. The summed E-state index contributed by atoms with van der Waals surface area (Å²) in [5.41, 5.74) is 0. The lowest BCUT2D eigenvalue weighted by Gasteiger charge is -2.33. The molecule has 1 unspecified atom stereocenters. The van der Waals surface area contributed by atoms with Gasteiger partial charge >= 0.3 is 0 Å². The number of pyridine rings is 1. The average molecular weight is 307 g/mol. The largest absolute Gasteiger partial charge is 0.355 e. The maximum atomic E-state index is 11.7. The van der Waals surface area contributed by atoms with Crippen molar-refractivity contribution in [2.24, 2.45) is 5.14 Å². The Bertz CT molecular complexity index is 714. The first kappa shape index (κ1) is 14.0. The molecule has 2 aromatic rings. The van der Waals surface area contributed by atoms with Crippen molar-refractivity contribution in [1.29, 1.82) is 0 Å². The summed E-state index contributed by atoms with van der Waals surface area (Å²) < 4.78 is 23.4. The van der Waals surface area contributed by atoms with Crippen LogP contribution in [-0.2, 0) is 10.0 Å². The maximum Gasteiger partial charge on any atom is 0.241 e. The van der Waals surface area contributed by atoms with Crippen LogP contribution in [-0.4, -0.2) is 36.5 Å². The highest BCUT2D eigenvalue weighted by atomic mass is 32.2. The van der Waals surface area contributed by atoms with E-state index in [1.54, 1.807) is 24.7 Å². The van der Waals surface area contributed by atoms with Gasteiger partial charge in [-0.1, -0.05) is 0 Å². The minimum atomic E-state index is -3.78. The summed E-state index contributed by atoms with van der Waals surface area (Å²) in [6, 6.07) is 3.07. The second-order valence-corrected chi connectivity index (χ2v) is 6.66. The lowest BCUT2D eigenvalue weighted by molar-refractivity contribution is 0.489. The standard InChI is InChI=1S/C13H17N5O2S/c14-21(19,20)11-4-1-5-17-13(11)18-8-2-3-10(9-18)12-15-6-7-16-12/h1,4-7,10H,2-3,8-9H2,(H,15,16)(H2,14,19,20). The number of imidazole rings is 1. The van der Waals surface area contributed by atoms with E-state index < -0.39 is 10.0 Å². The Morgan fingerprint density at radius 1 is 1.33 bits per heavy atom. The van der Waals surface area contributed by atoms with Crippen molar-refractivity contribution >= 4 is 15.8 Å². The number of anilines is 1. The van der Waals surface area contributed by atoms with Crippen molar-refractivity contribution in [1.82, 2.24) is 15.0 Å². The van der Waals surface area contributed by atoms with Crippen LogP contribution in [0.5, 0.6) is 0 Å².